The summed E-state index contributed by atoms with van der Waals surface area (Å²) < 4.78 is 0. The van der Waals surface area contributed by atoms with Gasteiger partial charge in [-0.25, -0.2) is 0 Å². The Morgan fingerprint density at radius 2 is 2.44 bits per heavy atom. The zero-order valence-corrected chi connectivity index (χ0v) is 4.78. The van der Waals surface area contributed by atoms with Gasteiger partial charge in [-0.3, -0.25) is 4.99 Å². The molecule has 0 aromatic rings. The van der Waals surface area contributed by atoms with Crippen molar-refractivity contribution in [2.75, 3.05) is 0 Å². The Balaban J connectivity index is 2.46. The Kier molecular flexibility index (Phi) is 0.828. The van der Waals surface area contributed by atoms with E-state index in [9.17, 15) is 0 Å². The minimum atomic E-state index is 0.874. The second-order valence-electron chi connectivity index (χ2n) is 1.89. The van der Waals surface area contributed by atoms with Crippen LogP contribution in [0, 0.1) is 0 Å². The summed E-state index contributed by atoms with van der Waals surface area (Å²) in [5.74, 6) is 0. The lowest BCUT2D eigenvalue weighted by molar-refractivity contribution is 1.25. The van der Waals surface area contributed by atoms with Crippen LogP contribution in [-0.2, 0) is 0 Å². The van der Waals surface area contributed by atoms with Crippen LogP contribution in [-0.4, -0.2) is 17.6 Å². The Bertz CT molecular complexity index is 245. The van der Waals surface area contributed by atoms with Crippen molar-refractivity contribution >= 4 is 17.6 Å². The molecule has 0 aromatic heterocycles. The third kappa shape index (κ3) is 0.614. The molecular weight excluding hydrogens is 114 g/mol. The van der Waals surface area contributed by atoms with E-state index in [0.717, 1.165) is 17.8 Å². The fourth-order valence-electron chi connectivity index (χ4n) is 0.830. The molecule has 0 amide bonds. The molecule has 0 fully saturated rings. The van der Waals surface area contributed by atoms with Gasteiger partial charge in [-0.15, -0.1) is 0 Å². The number of fused-ring (bicyclic) bond motifs is 1. The summed E-state index contributed by atoms with van der Waals surface area (Å²) in [6, 6.07) is 0. The average Bonchev–Trinajstić information content (AvgIpc) is 2.33. The van der Waals surface area contributed by atoms with Crippen molar-refractivity contribution in [3.05, 3.63) is 12.3 Å². The number of nitrogens with zero attached hydrogens (tertiary/aromatic N) is 3. The minimum absolute atomic E-state index is 0.874. The van der Waals surface area contributed by atoms with E-state index in [1.54, 1.807) is 12.4 Å². The Morgan fingerprint density at radius 1 is 1.44 bits per heavy atom. The van der Waals surface area contributed by atoms with Crippen molar-refractivity contribution < 1.29 is 0 Å². The molecule has 0 bridgehead atoms. The monoisotopic (exact) mass is 119 g/mol. The molecule has 3 heteroatoms. The predicted molar refractivity (Wildman–Crippen MR) is 37.1 cm³/mol. The second kappa shape index (κ2) is 1.62. The molecule has 0 aliphatic carbocycles. The molecule has 0 N–H and O–H groups in total. The van der Waals surface area contributed by atoms with E-state index in [4.69, 9.17) is 0 Å². The van der Waals surface area contributed by atoms with Crippen molar-refractivity contribution in [2.45, 2.75) is 6.42 Å². The van der Waals surface area contributed by atoms with Crippen LogP contribution >= 0.6 is 0 Å². The highest BCUT2D eigenvalue weighted by Gasteiger charge is 2.11. The molecule has 0 spiro atoms. The molecule has 3 nitrogen and oxygen atoms in total. The lowest BCUT2D eigenvalue weighted by Crippen LogP contribution is -2.12. The van der Waals surface area contributed by atoms with Crippen LogP contribution in [0.5, 0.6) is 0 Å². The van der Waals surface area contributed by atoms with Crippen LogP contribution in [0.15, 0.2) is 27.5 Å². The third-order valence-corrected chi connectivity index (χ3v) is 1.28. The first-order chi connectivity index (χ1) is 4.47. The van der Waals surface area contributed by atoms with E-state index in [2.05, 4.69) is 15.2 Å². The van der Waals surface area contributed by atoms with Gasteiger partial charge in [0.1, 0.15) is 5.71 Å². The Labute approximate surface area is 52.5 Å². The van der Waals surface area contributed by atoms with Crippen molar-refractivity contribution in [3.8, 4) is 0 Å². The van der Waals surface area contributed by atoms with Gasteiger partial charge in [0.25, 0.3) is 0 Å². The first-order valence-electron chi connectivity index (χ1n) is 2.80. The zero-order chi connectivity index (χ0) is 6.10. The predicted octanol–water partition coefficient (Wildman–Crippen LogP) is 0.785. The number of rotatable bonds is 0. The lowest BCUT2D eigenvalue weighted by atomic mass is 10.1. The normalized spacial score (nSPS) is 21.3. The Morgan fingerprint density at radius 3 is 3.33 bits per heavy atom. The van der Waals surface area contributed by atoms with Gasteiger partial charge in [0, 0.05) is 12.6 Å². The van der Waals surface area contributed by atoms with E-state index in [1.807, 2.05) is 6.08 Å². The van der Waals surface area contributed by atoms with Gasteiger partial charge in [-0.1, -0.05) is 6.08 Å². The molecule has 0 radical (unpaired) electrons. The van der Waals surface area contributed by atoms with Crippen molar-refractivity contribution in [1.29, 1.82) is 0 Å². The van der Waals surface area contributed by atoms with Crippen LogP contribution in [0.2, 0.25) is 0 Å². The van der Waals surface area contributed by atoms with Gasteiger partial charge < -0.3 is 0 Å². The lowest BCUT2D eigenvalue weighted by Gasteiger charge is -1.97. The number of aliphatic imine (C=N–C) groups is 1. The highest BCUT2D eigenvalue weighted by atomic mass is 15.2. The van der Waals surface area contributed by atoms with Crippen LogP contribution in [0.4, 0.5) is 0 Å². The summed E-state index contributed by atoms with van der Waals surface area (Å²) in [5, 5.41) is 7.58. The summed E-state index contributed by atoms with van der Waals surface area (Å²) in [6.07, 6.45) is 6.31. The fraction of sp³-hybridized carbons (Fsp3) is 0.167. The SMILES string of the molecule is C1=CN=C2C=NN=C2C1. The first kappa shape index (κ1) is 4.61. The Hall–Kier alpha value is -1.25. The first-order valence-corrected chi connectivity index (χ1v) is 2.80. The minimum Gasteiger partial charge on any atom is -0.254 e. The molecular formula is C6H5N3. The molecule has 0 unspecified atom stereocenters. The summed E-state index contributed by atoms with van der Waals surface area (Å²) in [4.78, 5) is 4.05. The van der Waals surface area contributed by atoms with Gasteiger partial charge in [-0.05, 0) is 0 Å². The highest BCUT2D eigenvalue weighted by Crippen LogP contribution is 2.04. The summed E-state index contributed by atoms with van der Waals surface area (Å²) in [7, 11) is 0. The van der Waals surface area contributed by atoms with E-state index < -0.39 is 0 Å². The molecule has 2 heterocycles. The zero-order valence-electron chi connectivity index (χ0n) is 4.78. The summed E-state index contributed by atoms with van der Waals surface area (Å²) in [5.41, 5.74) is 1.90. The summed E-state index contributed by atoms with van der Waals surface area (Å²) in [6.45, 7) is 0. The number of allylic oxidation sites excluding steroid dienone is 1. The van der Waals surface area contributed by atoms with Gasteiger partial charge in [0.2, 0.25) is 0 Å². The van der Waals surface area contributed by atoms with E-state index in [-0.39, 0.29) is 0 Å². The molecule has 44 valence electrons. The van der Waals surface area contributed by atoms with Crippen LogP contribution < -0.4 is 0 Å². The topological polar surface area (TPSA) is 37.1 Å². The van der Waals surface area contributed by atoms with Crippen LogP contribution in [0.1, 0.15) is 6.42 Å². The van der Waals surface area contributed by atoms with Crippen LogP contribution in [0.25, 0.3) is 0 Å². The van der Waals surface area contributed by atoms with Gasteiger partial charge >= 0.3 is 0 Å². The maximum atomic E-state index is 4.05. The summed E-state index contributed by atoms with van der Waals surface area (Å²) >= 11 is 0. The van der Waals surface area contributed by atoms with Gasteiger partial charge in [-0.2, -0.15) is 10.2 Å². The largest absolute Gasteiger partial charge is 0.254 e. The number of hydrogen-bond acceptors (Lipinski definition) is 3. The maximum Gasteiger partial charge on any atom is 0.107 e. The number of hydrogen-bond donors (Lipinski definition) is 0. The van der Waals surface area contributed by atoms with Gasteiger partial charge in [0.05, 0.1) is 11.9 Å². The third-order valence-electron chi connectivity index (χ3n) is 1.28. The molecule has 0 saturated heterocycles. The molecule has 2 aliphatic rings. The van der Waals surface area contributed by atoms with Crippen molar-refractivity contribution in [2.24, 2.45) is 15.2 Å². The average molecular weight is 119 g/mol. The molecule has 0 atom stereocenters. The molecule has 0 aromatic carbocycles. The highest BCUT2D eigenvalue weighted by molar-refractivity contribution is 6.64. The quantitative estimate of drug-likeness (QED) is 0.452. The van der Waals surface area contributed by atoms with E-state index >= 15 is 0 Å². The van der Waals surface area contributed by atoms with Crippen LogP contribution in [0.3, 0.4) is 0 Å². The van der Waals surface area contributed by atoms with Crippen molar-refractivity contribution in [1.82, 2.24) is 0 Å². The smallest absolute Gasteiger partial charge is 0.107 e. The molecule has 2 rings (SSSR count). The van der Waals surface area contributed by atoms with Crippen molar-refractivity contribution in [3.63, 3.8) is 0 Å². The van der Waals surface area contributed by atoms with Gasteiger partial charge in [0.15, 0.2) is 0 Å². The van der Waals surface area contributed by atoms with E-state index in [0.29, 0.717) is 0 Å². The molecule has 2 aliphatic heterocycles. The maximum absolute atomic E-state index is 4.05. The fourth-order valence-corrected chi connectivity index (χ4v) is 0.830. The molecule has 0 saturated carbocycles. The molecule has 9 heavy (non-hydrogen) atoms. The van der Waals surface area contributed by atoms with E-state index in [1.165, 1.54) is 0 Å². The standard InChI is InChI=1S/C6H5N3/c1-2-5-6(7-3-1)4-8-9-5/h1,3-4H,2H2. The second-order valence-corrected chi connectivity index (χ2v) is 1.89.